The summed E-state index contributed by atoms with van der Waals surface area (Å²) in [5.41, 5.74) is 0. The summed E-state index contributed by atoms with van der Waals surface area (Å²) in [5.74, 6) is 4.25. The summed E-state index contributed by atoms with van der Waals surface area (Å²) in [7, 11) is 0. The largest absolute Gasteiger partial charge is 0.118 e. The predicted octanol–water partition coefficient (Wildman–Crippen LogP) is 4.55. The van der Waals surface area contributed by atoms with Gasteiger partial charge in [-0.15, -0.1) is 11.8 Å². The van der Waals surface area contributed by atoms with Crippen LogP contribution < -0.4 is 0 Å². The summed E-state index contributed by atoms with van der Waals surface area (Å²) < 4.78 is 0.486. The molecule has 0 unspecified atom stereocenters. The molecule has 0 nitrogen and oxygen atoms in total. The summed E-state index contributed by atoms with van der Waals surface area (Å²) in [6, 6.07) is 11.1. The molecule has 0 amide bonds. The number of allylic oxidation sites excluding steroid dienone is 4. The molecular formula is C18H18S. The molecule has 0 radical (unpaired) electrons. The first-order valence-corrected chi connectivity index (χ1v) is 8.30. The smallest absolute Gasteiger partial charge is 0.0371 e. The molecule has 96 valence electrons. The van der Waals surface area contributed by atoms with Gasteiger partial charge < -0.3 is 0 Å². The molecule has 0 aliphatic heterocycles. The van der Waals surface area contributed by atoms with Crippen LogP contribution in [0, 0.1) is 29.6 Å². The molecule has 0 saturated heterocycles. The zero-order valence-electron chi connectivity index (χ0n) is 10.9. The van der Waals surface area contributed by atoms with Crippen molar-refractivity contribution in [3.63, 3.8) is 0 Å². The van der Waals surface area contributed by atoms with Gasteiger partial charge in [0.1, 0.15) is 0 Å². The van der Waals surface area contributed by atoms with E-state index in [4.69, 9.17) is 0 Å². The van der Waals surface area contributed by atoms with E-state index in [2.05, 4.69) is 66.4 Å². The highest BCUT2D eigenvalue weighted by Gasteiger charge is 2.66. The van der Waals surface area contributed by atoms with Gasteiger partial charge in [-0.2, -0.15) is 0 Å². The molecule has 2 fully saturated rings. The molecule has 0 spiro atoms. The zero-order valence-corrected chi connectivity index (χ0v) is 11.7. The minimum absolute atomic E-state index is 0.486. The molecule has 4 aliphatic carbocycles. The Morgan fingerprint density at radius 3 is 2.11 bits per heavy atom. The van der Waals surface area contributed by atoms with Crippen LogP contribution in [-0.4, -0.2) is 4.75 Å². The molecular weight excluding hydrogens is 248 g/mol. The van der Waals surface area contributed by atoms with Crippen molar-refractivity contribution in [1.29, 1.82) is 0 Å². The van der Waals surface area contributed by atoms with Gasteiger partial charge in [0.2, 0.25) is 0 Å². The van der Waals surface area contributed by atoms with E-state index >= 15 is 0 Å². The lowest BCUT2D eigenvalue weighted by Gasteiger charge is -2.43. The average molecular weight is 266 g/mol. The number of fused-ring (bicyclic) bond motifs is 9. The van der Waals surface area contributed by atoms with Crippen LogP contribution in [0.15, 0.2) is 59.5 Å². The molecule has 19 heavy (non-hydrogen) atoms. The standard InChI is InChI=1S/C18H18S/c1-2-4-16(5-3-1)19-18-14-8-6-12(10-14)17(18)13-7-9-15(18)11-13/h1-9,12-15,17H,10-11H2/t12-,13-,14-,15-,17?,18?/m0/s1. The van der Waals surface area contributed by atoms with Gasteiger partial charge in [0.15, 0.2) is 0 Å². The van der Waals surface area contributed by atoms with E-state index < -0.39 is 0 Å². The highest BCUT2D eigenvalue weighted by Crippen LogP contribution is 2.71. The van der Waals surface area contributed by atoms with Gasteiger partial charge in [0.25, 0.3) is 0 Å². The van der Waals surface area contributed by atoms with E-state index in [-0.39, 0.29) is 0 Å². The van der Waals surface area contributed by atoms with Crippen molar-refractivity contribution in [3.05, 3.63) is 54.6 Å². The third kappa shape index (κ3) is 1.23. The Balaban J connectivity index is 1.61. The van der Waals surface area contributed by atoms with Gasteiger partial charge in [0.05, 0.1) is 0 Å². The molecule has 0 heterocycles. The van der Waals surface area contributed by atoms with Gasteiger partial charge in [-0.3, -0.25) is 0 Å². The first-order chi connectivity index (χ1) is 9.38. The second-order valence-corrected chi connectivity index (χ2v) is 7.96. The van der Waals surface area contributed by atoms with E-state index in [1.54, 1.807) is 0 Å². The topological polar surface area (TPSA) is 0 Å². The lowest BCUT2D eigenvalue weighted by Crippen LogP contribution is -2.41. The molecule has 1 aromatic carbocycles. The van der Waals surface area contributed by atoms with Crippen molar-refractivity contribution in [1.82, 2.24) is 0 Å². The van der Waals surface area contributed by atoms with Crippen LogP contribution in [-0.2, 0) is 0 Å². The summed E-state index contributed by atoms with van der Waals surface area (Å²) >= 11 is 2.19. The minimum atomic E-state index is 0.486. The number of benzene rings is 1. The molecule has 2 saturated carbocycles. The van der Waals surface area contributed by atoms with Crippen molar-refractivity contribution in [3.8, 4) is 0 Å². The first kappa shape index (κ1) is 10.8. The van der Waals surface area contributed by atoms with Crippen molar-refractivity contribution < 1.29 is 0 Å². The predicted molar refractivity (Wildman–Crippen MR) is 80.0 cm³/mol. The van der Waals surface area contributed by atoms with Crippen LogP contribution in [0.25, 0.3) is 0 Å². The fourth-order valence-electron chi connectivity index (χ4n) is 5.32. The number of hydrogen-bond acceptors (Lipinski definition) is 1. The lowest BCUT2D eigenvalue weighted by molar-refractivity contribution is 0.329. The lowest BCUT2D eigenvalue weighted by atomic mass is 9.75. The van der Waals surface area contributed by atoms with Crippen molar-refractivity contribution >= 4 is 11.8 Å². The van der Waals surface area contributed by atoms with Gasteiger partial charge >= 0.3 is 0 Å². The SMILES string of the molecule is C1=C[C@H]2C[C@H]1C1[C@H]3C=C[C@@H](C3)C12Sc1ccccc1. The summed E-state index contributed by atoms with van der Waals surface area (Å²) in [6.07, 6.45) is 12.9. The Bertz CT molecular complexity index is 543. The molecule has 5 rings (SSSR count). The third-order valence-electron chi connectivity index (χ3n) is 5.87. The third-order valence-corrected chi connectivity index (χ3v) is 7.61. The summed E-state index contributed by atoms with van der Waals surface area (Å²) in [6.45, 7) is 0. The highest BCUT2D eigenvalue weighted by atomic mass is 32.2. The Kier molecular flexibility index (Phi) is 2.03. The van der Waals surface area contributed by atoms with Gasteiger partial charge in [-0.25, -0.2) is 0 Å². The van der Waals surface area contributed by atoms with Crippen LogP contribution in [0.5, 0.6) is 0 Å². The molecule has 4 aliphatic rings. The van der Waals surface area contributed by atoms with Gasteiger partial charge in [-0.1, -0.05) is 42.5 Å². The molecule has 0 aromatic heterocycles. The van der Waals surface area contributed by atoms with Crippen LogP contribution in [0.1, 0.15) is 12.8 Å². The van der Waals surface area contributed by atoms with Crippen LogP contribution in [0.2, 0.25) is 0 Å². The van der Waals surface area contributed by atoms with E-state index in [0.29, 0.717) is 4.75 Å². The number of rotatable bonds is 2. The molecule has 4 atom stereocenters. The monoisotopic (exact) mass is 266 g/mol. The molecule has 1 aromatic rings. The number of thioether (sulfide) groups is 1. The van der Waals surface area contributed by atoms with Crippen LogP contribution in [0.4, 0.5) is 0 Å². The fourth-order valence-corrected chi connectivity index (χ4v) is 7.16. The second kappa shape index (κ2) is 3.58. The highest BCUT2D eigenvalue weighted by molar-refractivity contribution is 8.00. The van der Waals surface area contributed by atoms with Gasteiger partial charge in [0, 0.05) is 9.64 Å². The van der Waals surface area contributed by atoms with E-state index in [1.165, 1.54) is 17.7 Å². The Morgan fingerprint density at radius 1 is 0.842 bits per heavy atom. The van der Waals surface area contributed by atoms with E-state index in [0.717, 1.165) is 29.6 Å². The molecule has 4 bridgehead atoms. The average Bonchev–Trinajstić information content (AvgIpc) is 3.18. The molecule has 1 heteroatoms. The quantitative estimate of drug-likeness (QED) is 0.559. The fraction of sp³-hybridized carbons (Fsp3) is 0.444. The first-order valence-electron chi connectivity index (χ1n) is 7.48. The molecule has 0 N–H and O–H groups in total. The second-order valence-electron chi connectivity index (χ2n) is 6.58. The van der Waals surface area contributed by atoms with E-state index in [1.807, 2.05) is 0 Å². The minimum Gasteiger partial charge on any atom is -0.118 e. The Morgan fingerprint density at radius 2 is 1.47 bits per heavy atom. The van der Waals surface area contributed by atoms with Crippen LogP contribution >= 0.6 is 11.8 Å². The normalized spacial score (nSPS) is 48.1. The maximum Gasteiger partial charge on any atom is 0.0371 e. The van der Waals surface area contributed by atoms with Crippen molar-refractivity contribution in [2.75, 3.05) is 0 Å². The maximum atomic E-state index is 2.53. The van der Waals surface area contributed by atoms with Crippen molar-refractivity contribution in [2.24, 2.45) is 29.6 Å². The summed E-state index contributed by atoms with van der Waals surface area (Å²) in [5, 5.41) is 0. The Labute approximate surface area is 119 Å². The van der Waals surface area contributed by atoms with Crippen LogP contribution in [0.3, 0.4) is 0 Å². The maximum absolute atomic E-state index is 2.53. The van der Waals surface area contributed by atoms with Crippen molar-refractivity contribution in [2.45, 2.75) is 22.5 Å². The number of hydrogen-bond donors (Lipinski definition) is 0. The van der Waals surface area contributed by atoms with Gasteiger partial charge in [-0.05, 0) is 54.6 Å². The Hall–Kier alpha value is -0.950. The van der Waals surface area contributed by atoms with E-state index in [9.17, 15) is 0 Å². The summed E-state index contributed by atoms with van der Waals surface area (Å²) in [4.78, 5) is 1.47. The zero-order chi connectivity index (χ0) is 12.4.